The number of hydrogen-bond acceptors (Lipinski definition) is 6. The smallest absolute Gasteiger partial charge is 0.333 e. The Hall–Kier alpha value is -3.29. The van der Waals surface area contributed by atoms with E-state index in [1.807, 2.05) is 6.07 Å². The summed E-state index contributed by atoms with van der Waals surface area (Å²) in [5.74, 6) is 1.27. The van der Waals surface area contributed by atoms with E-state index in [0.717, 1.165) is 25.7 Å². The number of nitro groups is 1. The Morgan fingerprint density at radius 2 is 1.89 bits per heavy atom. The molecule has 3 aromatic rings. The summed E-state index contributed by atoms with van der Waals surface area (Å²) in [5.41, 5.74) is 1.58. The highest BCUT2D eigenvalue weighted by Gasteiger charge is 2.24. The van der Waals surface area contributed by atoms with Crippen molar-refractivity contribution in [3.63, 3.8) is 0 Å². The summed E-state index contributed by atoms with van der Waals surface area (Å²) < 4.78 is 1.61. The van der Waals surface area contributed by atoms with Crippen LogP contribution in [0.5, 0.6) is 0 Å². The molecule has 0 unspecified atom stereocenters. The van der Waals surface area contributed by atoms with Gasteiger partial charge in [0.2, 0.25) is 11.8 Å². The topological polar surface area (TPSA) is 98.8 Å². The van der Waals surface area contributed by atoms with Crippen molar-refractivity contribution in [2.75, 3.05) is 11.9 Å². The Bertz CT molecular complexity index is 939. The van der Waals surface area contributed by atoms with Crippen molar-refractivity contribution < 1.29 is 4.92 Å². The van der Waals surface area contributed by atoms with Crippen molar-refractivity contribution in [3.05, 3.63) is 69.9 Å². The summed E-state index contributed by atoms with van der Waals surface area (Å²) in [6.45, 7) is 4.12. The second-order valence-electron chi connectivity index (χ2n) is 6.63. The molecule has 0 spiro atoms. The molecule has 0 saturated heterocycles. The average Bonchev–Trinajstić information content (AvgIpc) is 3.10. The van der Waals surface area contributed by atoms with Gasteiger partial charge in [0.05, 0.1) is 4.92 Å². The number of aromatic nitrogens is 4. The van der Waals surface area contributed by atoms with Crippen LogP contribution in [0.4, 0.5) is 11.6 Å². The van der Waals surface area contributed by atoms with Gasteiger partial charge < -0.3 is 5.32 Å². The average molecular weight is 380 g/mol. The first-order valence-electron chi connectivity index (χ1n) is 9.37. The van der Waals surface area contributed by atoms with Crippen LogP contribution in [0.2, 0.25) is 0 Å². The molecule has 0 aliphatic heterocycles. The van der Waals surface area contributed by atoms with E-state index < -0.39 is 4.92 Å². The maximum atomic E-state index is 11.5. The highest BCUT2D eigenvalue weighted by molar-refractivity contribution is 5.54. The van der Waals surface area contributed by atoms with Crippen LogP contribution in [0.25, 0.3) is 5.82 Å². The molecule has 146 valence electrons. The zero-order valence-corrected chi connectivity index (χ0v) is 16.1. The first-order chi connectivity index (χ1) is 13.6. The predicted octanol–water partition coefficient (Wildman–Crippen LogP) is 4.01. The first kappa shape index (κ1) is 19.5. The molecule has 0 radical (unpaired) electrons. The highest BCUT2D eigenvalue weighted by atomic mass is 16.6. The first-order valence-corrected chi connectivity index (χ1v) is 9.37. The lowest BCUT2D eigenvalue weighted by Gasteiger charge is -2.10. The molecule has 0 atom stereocenters. The summed E-state index contributed by atoms with van der Waals surface area (Å²) >= 11 is 0. The van der Waals surface area contributed by atoms with Gasteiger partial charge in [0, 0.05) is 18.9 Å². The third kappa shape index (κ3) is 4.70. The van der Waals surface area contributed by atoms with Gasteiger partial charge in [-0.3, -0.25) is 14.7 Å². The van der Waals surface area contributed by atoms with Crippen LogP contribution in [0, 0.1) is 24.0 Å². The molecule has 8 heteroatoms. The Labute approximate surface area is 163 Å². The molecule has 1 aromatic carbocycles. The number of imidazole rings is 1. The fourth-order valence-corrected chi connectivity index (χ4v) is 3.09. The van der Waals surface area contributed by atoms with Crippen LogP contribution >= 0.6 is 0 Å². The van der Waals surface area contributed by atoms with E-state index in [1.54, 1.807) is 30.8 Å². The summed E-state index contributed by atoms with van der Waals surface area (Å²) in [6.07, 6.45) is 7.50. The minimum Gasteiger partial charge on any atom is -0.354 e. The van der Waals surface area contributed by atoms with Crippen LogP contribution in [-0.2, 0) is 6.42 Å². The van der Waals surface area contributed by atoms with E-state index >= 15 is 0 Å². The monoisotopic (exact) mass is 380 g/mol. The molecule has 0 aliphatic carbocycles. The van der Waals surface area contributed by atoms with E-state index in [1.165, 1.54) is 5.56 Å². The van der Waals surface area contributed by atoms with Gasteiger partial charge in [-0.25, -0.2) is 9.97 Å². The Morgan fingerprint density at radius 3 is 2.57 bits per heavy atom. The Kier molecular flexibility index (Phi) is 6.31. The lowest BCUT2D eigenvalue weighted by atomic mass is 10.1. The van der Waals surface area contributed by atoms with Crippen molar-refractivity contribution in [1.29, 1.82) is 0 Å². The third-order valence-electron chi connectivity index (χ3n) is 4.54. The number of rotatable bonds is 9. The van der Waals surface area contributed by atoms with Crippen molar-refractivity contribution >= 4 is 11.6 Å². The quantitative estimate of drug-likeness (QED) is 0.342. The summed E-state index contributed by atoms with van der Waals surface area (Å²) in [7, 11) is 0. The molecule has 1 N–H and O–H groups in total. The SMILES string of the molecule is Cc1nc(NCCCCCc2ccccc2)nc(-n2ccnc2C)c1[N+](=O)[O-]. The molecule has 0 saturated carbocycles. The van der Waals surface area contributed by atoms with Crippen LogP contribution in [0.3, 0.4) is 0 Å². The van der Waals surface area contributed by atoms with E-state index in [4.69, 9.17) is 0 Å². The number of hydrogen-bond donors (Lipinski definition) is 1. The molecule has 28 heavy (non-hydrogen) atoms. The van der Waals surface area contributed by atoms with Gasteiger partial charge in [-0.1, -0.05) is 36.8 Å². The summed E-state index contributed by atoms with van der Waals surface area (Å²) in [5, 5.41) is 14.7. The molecule has 0 fully saturated rings. The van der Waals surface area contributed by atoms with Gasteiger partial charge >= 0.3 is 5.69 Å². The van der Waals surface area contributed by atoms with Gasteiger partial charge in [-0.15, -0.1) is 0 Å². The predicted molar refractivity (Wildman–Crippen MR) is 108 cm³/mol. The zero-order valence-electron chi connectivity index (χ0n) is 16.1. The molecule has 0 amide bonds. The zero-order chi connectivity index (χ0) is 19.9. The molecule has 0 aliphatic rings. The lowest BCUT2D eigenvalue weighted by Crippen LogP contribution is -2.12. The van der Waals surface area contributed by atoms with Gasteiger partial charge in [0.1, 0.15) is 11.5 Å². The minimum atomic E-state index is -0.447. The number of benzene rings is 1. The largest absolute Gasteiger partial charge is 0.354 e. The van der Waals surface area contributed by atoms with Crippen molar-refractivity contribution in [2.45, 2.75) is 39.5 Å². The highest BCUT2D eigenvalue weighted by Crippen LogP contribution is 2.26. The second kappa shape index (κ2) is 9.07. The molecule has 3 rings (SSSR count). The van der Waals surface area contributed by atoms with Gasteiger partial charge in [0.15, 0.2) is 0 Å². The maximum absolute atomic E-state index is 11.5. The van der Waals surface area contributed by atoms with Crippen molar-refractivity contribution in [3.8, 4) is 5.82 Å². The Balaban J connectivity index is 1.60. The van der Waals surface area contributed by atoms with Crippen LogP contribution < -0.4 is 5.32 Å². The van der Waals surface area contributed by atoms with E-state index in [9.17, 15) is 10.1 Å². The number of aryl methyl sites for hydroxylation is 3. The normalized spacial score (nSPS) is 10.8. The van der Waals surface area contributed by atoms with Crippen LogP contribution in [0.1, 0.15) is 36.3 Å². The van der Waals surface area contributed by atoms with E-state index in [0.29, 0.717) is 24.0 Å². The number of nitrogens with one attached hydrogen (secondary N) is 1. The summed E-state index contributed by atoms with van der Waals surface area (Å²) in [6, 6.07) is 10.4. The standard InChI is InChI=1S/C20H24N6O2/c1-15-18(26(27)28)19(25-14-13-21-16(25)2)24-20(23-15)22-12-8-4-7-11-17-9-5-3-6-10-17/h3,5-6,9-10,13-14H,4,7-8,11-12H2,1-2H3,(H,22,23,24). The lowest BCUT2D eigenvalue weighted by molar-refractivity contribution is -0.385. The van der Waals surface area contributed by atoms with Gasteiger partial charge in [-0.05, 0) is 38.7 Å². The van der Waals surface area contributed by atoms with Crippen molar-refractivity contribution in [1.82, 2.24) is 19.5 Å². The molecule has 2 heterocycles. The second-order valence-corrected chi connectivity index (χ2v) is 6.63. The van der Waals surface area contributed by atoms with Gasteiger partial charge in [0.25, 0.3) is 0 Å². The molecule has 2 aromatic heterocycles. The fraction of sp³-hybridized carbons (Fsp3) is 0.350. The summed E-state index contributed by atoms with van der Waals surface area (Å²) in [4.78, 5) is 23.8. The maximum Gasteiger partial charge on any atom is 0.333 e. The van der Waals surface area contributed by atoms with E-state index in [2.05, 4.69) is 44.5 Å². The van der Waals surface area contributed by atoms with Gasteiger partial charge in [-0.2, -0.15) is 4.98 Å². The Morgan fingerprint density at radius 1 is 1.11 bits per heavy atom. The fourth-order valence-electron chi connectivity index (χ4n) is 3.09. The van der Waals surface area contributed by atoms with Crippen LogP contribution in [-0.4, -0.2) is 31.0 Å². The minimum absolute atomic E-state index is 0.102. The number of anilines is 1. The van der Waals surface area contributed by atoms with Crippen LogP contribution in [0.15, 0.2) is 42.7 Å². The van der Waals surface area contributed by atoms with E-state index in [-0.39, 0.29) is 11.5 Å². The third-order valence-corrected chi connectivity index (χ3v) is 4.54. The molecule has 0 bridgehead atoms. The number of nitrogens with zero attached hydrogens (tertiary/aromatic N) is 5. The molecule has 8 nitrogen and oxygen atoms in total. The molecular weight excluding hydrogens is 356 g/mol. The number of unbranched alkanes of at least 4 members (excludes halogenated alkanes) is 2. The molecular formula is C20H24N6O2. The van der Waals surface area contributed by atoms with Crippen molar-refractivity contribution in [2.24, 2.45) is 0 Å².